The Hall–Kier alpha value is -1.04. The van der Waals surface area contributed by atoms with Gasteiger partial charge in [-0.3, -0.25) is 4.90 Å². The summed E-state index contributed by atoms with van der Waals surface area (Å²) in [6.07, 6.45) is 1.61. The molecule has 0 N–H and O–H groups in total. The molecule has 0 saturated carbocycles. The van der Waals surface area contributed by atoms with Crippen molar-refractivity contribution in [1.29, 1.82) is 5.26 Å². The molecule has 0 fully saturated rings. The zero-order valence-electron chi connectivity index (χ0n) is 11.4. The first-order valence-electron chi connectivity index (χ1n) is 6.36. The molecule has 0 aliphatic heterocycles. The van der Waals surface area contributed by atoms with Crippen LogP contribution in [0.4, 0.5) is 0 Å². The maximum Gasteiger partial charge on any atom is 0.0635 e. The second-order valence-corrected chi connectivity index (χ2v) is 5.56. The minimum absolute atomic E-state index is 0.0964. The Labute approximate surface area is 115 Å². The normalized spacial score (nSPS) is 11.6. The molecule has 0 atom stereocenters. The van der Waals surface area contributed by atoms with Gasteiger partial charge in [0.15, 0.2) is 0 Å². The van der Waals surface area contributed by atoms with E-state index in [2.05, 4.69) is 37.8 Å². The van der Waals surface area contributed by atoms with Crippen molar-refractivity contribution < 1.29 is 0 Å². The summed E-state index contributed by atoms with van der Waals surface area (Å²) in [6.45, 7) is 8.24. The molecule has 0 unspecified atom stereocenters. The Bertz CT molecular complexity index is 421. The Morgan fingerprint density at radius 2 is 2.11 bits per heavy atom. The van der Waals surface area contributed by atoms with Gasteiger partial charge in [-0.1, -0.05) is 30.7 Å². The summed E-state index contributed by atoms with van der Waals surface area (Å²) in [4.78, 5) is 2.35. The van der Waals surface area contributed by atoms with Crippen LogP contribution in [0.3, 0.4) is 0 Å². The minimum atomic E-state index is 0.0964. The lowest BCUT2D eigenvalue weighted by atomic mass is 9.98. The molecule has 2 nitrogen and oxygen atoms in total. The molecule has 0 aliphatic carbocycles. The molecular formula is C15H21ClN2. The van der Waals surface area contributed by atoms with E-state index < -0.39 is 0 Å². The quantitative estimate of drug-likeness (QED) is 0.768. The van der Waals surface area contributed by atoms with E-state index in [1.54, 1.807) is 0 Å². The van der Waals surface area contributed by atoms with Crippen molar-refractivity contribution in [2.24, 2.45) is 0 Å². The highest BCUT2D eigenvalue weighted by Crippen LogP contribution is 2.22. The van der Waals surface area contributed by atoms with Crippen molar-refractivity contribution in [1.82, 2.24) is 4.90 Å². The number of benzene rings is 1. The van der Waals surface area contributed by atoms with Crippen LogP contribution in [-0.2, 0) is 6.54 Å². The fourth-order valence-corrected chi connectivity index (χ4v) is 2.07. The van der Waals surface area contributed by atoms with Crippen LogP contribution in [0.15, 0.2) is 24.3 Å². The van der Waals surface area contributed by atoms with Crippen LogP contribution in [0.25, 0.3) is 0 Å². The summed E-state index contributed by atoms with van der Waals surface area (Å²) in [5.41, 5.74) is 1.29. The molecule has 0 bridgehead atoms. The molecule has 98 valence electrons. The van der Waals surface area contributed by atoms with Crippen molar-refractivity contribution in [3.05, 3.63) is 34.9 Å². The molecule has 1 rings (SSSR count). The summed E-state index contributed by atoms with van der Waals surface area (Å²) in [5, 5.41) is 9.53. The third kappa shape index (κ3) is 4.33. The molecule has 0 aliphatic rings. The predicted molar refractivity (Wildman–Crippen MR) is 76.5 cm³/mol. The fraction of sp³-hybridized carbons (Fsp3) is 0.533. The molecule has 0 heterocycles. The summed E-state index contributed by atoms with van der Waals surface area (Å²) in [5.74, 6) is 0. The van der Waals surface area contributed by atoms with Gasteiger partial charge in [0.05, 0.1) is 6.07 Å². The lowest BCUT2D eigenvalue weighted by Gasteiger charge is -2.37. The van der Waals surface area contributed by atoms with Crippen LogP contribution >= 0.6 is 11.6 Å². The smallest absolute Gasteiger partial charge is 0.0635 e. The highest BCUT2D eigenvalue weighted by molar-refractivity contribution is 6.30. The molecular weight excluding hydrogens is 244 g/mol. The first-order chi connectivity index (χ1) is 8.49. The average Bonchev–Trinajstić information content (AvgIpc) is 2.34. The molecule has 1 aromatic rings. The van der Waals surface area contributed by atoms with E-state index >= 15 is 0 Å². The maximum atomic E-state index is 8.77. The van der Waals surface area contributed by atoms with Crippen LogP contribution in [0.5, 0.6) is 0 Å². The van der Waals surface area contributed by atoms with Crippen molar-refractivity contribution in [3.8, 4) is 6.07 Å². The van der Waals surface area contributed by atoms with E-state index in [0.29, 0.717) is 6.42 Å². The molecule has 1 aromatic carbocycles. The second-order valence-electron chi connectivity index (χ2n) is 5.13. The summed E-state index contributed by atoms with van der Waals surface area (Å²) < 4.78 is 0. The zero-order valence-corrected chi connectivity index (χ0v) is 12.2. The highest BCUT2D eigenvalue weighted by atomic mass is 35.5. The Morgan fingerprint density at radius 1 is 1.39 bits per heavy atom. The van der Waals surface area contributed by atoms with Crippen molar-refractivity contribution in [3.63, 3.8) is 0 Å². The number of nitrogens with zero attached hydrogens (tertiary/aromatic N) is 2. The topological polar surface area (TPSA) is 27.0 Å². The molecule has 0 spiro atoms. The van der Waals surface area contributed by atoms with E-state index in [1.807, 2.05) is 18.2 Å². The summed E-state index contributed by atoms with van der Waals surface area (Å²) in [6, 6.07) is 10.2. The van der Waals surface area contributed by atoms with Crippen LogP contribution in [-0.4, -0.2) is 17.0 Å². The highest BCUT2D eigenvalue weighted by Gasteiger charge is 2.24. The number of rotatable bonds is 6. The Morgan fingerprint density at radius 3 is 2.67 bits per heavy atom. The number of halogens is 1. The van der Waals surface area contributed by atoms with Gasteiger partial charge in [-0.2, -0.15) is 5.26 Å². The van der Waals surface area contributed by atoms with E-state index in [-0.39, 0.29) is 5.54 Å². The largest absolute Gasteiger partial charge is 0.293 e. The number of hydrogen-bond acceptors (Lipinski definition) is 2. The lowest BCUT2D eigenvalue weighted by Crippen LogP contribution is -2.43. The van der Waals surface area contributed by atoms with Crippen LogP contribution in [0.1, 0.15) is 39.2 Å². The zero-order chi connectivity index (χ0) is 13.6. The van der Waals surface area contributed by atoms with Crippen LogP contribution < -0.4 is 0 Å². The van der Waals surface area contributed by atoms with Gasteiger partial charge in [0, 0.05) is 30.1 Å². The maximum absolute atomic E-state index is 8.77. The van der Waals surface area contributed by atoms with E-state index in [9.17, 15) is 0 Å². The summed E-state index contributed by atoms with van der Waals surface area (Å²) in [7, 11) is 0. The third-order valence-corrected chi connectivity index (χ3v) is 3.71. The van der Waals surface area contributed by atoms with Crippen molar-refractivity contribution >= 4 is 11.6 Å². The molecule has 0 amide bonds. The van der Waals surface area contributed by atoms with Gasteiger partial charge in [0.25, 0.3) is 0 Å². The lowest BCUT2D eigenvalue weighted by molar-refractivity contribution is 0.110. The van der Waals surface area contributed by atoms with Crippen LogP contribution in [0.2, 0.25) is 5.02 Å². The molecule has 0 radical (unpaired) electrons. The van der Waals surface area contributed by atoms with Gasteiger partial charge in [-0.25, -0.2) is 0 Å². The first-order valence-corrected chi connectivity index (χ1v) is 6.74. The second kappa shape index (κ2) is 6.78. The Balaban J connectivity index is 2.82. The first kappa shape index (κ1) is 15.0. The van der Waals surface area contributed by atoms with E-state index in [4.69, 9.17) is 16.9 Å². The van der Waals surface area contributed by atoms with E-state index in [0.717, 1.165) is 24.5 Å². The minimum Gasteiger partial charge on any atom is -0.293 e. The van der Waals surface area contributed by atoms with Crippen molar-refractivity contribution in [2.45, 2.75) is 45.7 Å². The fourth-order valence-electron chi connectivity index (χ4n) is 1.86. The molecule has 0 saturated heterocycles. The number of hydrogen-bond donors (Lipinski definition) is 0. The van der Waals surface area contributed by atoms with Gasteiger partial charge in [-0.05, 0) is 38.0 Å². The van der Waals surface area contributed by atoms with Crippen LogP contribution in [0, 0.1) is 11.3 Å². The molecule has 18 heavy (non-hydrogen) atoms. The van der Waals surface area contributed by atoms with Crippen molar-refractivity contribution in [2.75, 3.05) is 6.54 Å². The third-order valence-electron chi connectivity index (χ3n) is 3.48. The monoisotopic (exact) mass is 264 g/mol. The van der Waals surface area contributed by atoms with Gasteiger partial charge >= 0.3 is 0 Å². The number of nitriles is 1. The molecule has 3 heteroatoms. The Kier molecular flexibility index (Phi) is 5.65. The molecule has 0 aromatic heterocycles. The standard InChI is InChI=1S/C15H21ClN2/c1-4-15(2,3)18(10-6-9-17)12-13-7-5-8-14(16)11-13/h5,7-8,11H,4,6,10,12H2,1-3H3. The average molecular weight is 265 g/mol. The van der Waals surface area contributed by atoms with Gasteiger partial charge in [-0.15, -0.1) is 0 Å². The summed E-state index contributed by atoms with van der Waals surface area (Å²) >= 11 is 6.01. The predicted octanol–water partition coefficient (Wildman–Crippen LogP) is 4.24. The van der Waals surface area contributed by atoms with Gasteiger partial charge in [0.2, 0.25) is 0 Å². The van der Waals surface area contributed by atoms with Gasteiger partial charge in [0.1, 0.15) is 0 Å². The van der Waals surface area contributed by atoms with Gasteiger partial charge < -0.3 is 0 Å². The van der Waals surface area contributed by atoms with E-state index in [1.165, 1.54) is 5.56 Å². The SMILES string of the molecule is CCC(C)(C)N(CCC#N)Cc1cccc(Cl)c1.